The topological polar surface area (TPSA) is 109 Å². The molecule has 0 spiro atoms. The number of carboxylic acid groups (broad SMARTS) is 1. The van der Waals surface area contributed by atoms with E-state index in [2.05, 4.69) is 0 Å². The van der Waals surface area contributed by atoms with E-state index in [-0.39, 0.29) is 6.29 Å². The van der Waals surface area contributed by atoms with E-state index in [1.807, 2.05) is 0 Å². The standard InChI is InChI=1S/C6H6O6/c7-2-3(8)1-4(9)5(10)6(11)12/h2,4,9H,1H2,(H,11,12)/t4-/m0/s1. The van der Waals surface area contributed by atoms with Gasteiger partial charge in [0.15, 0.2) is 12.1 Å². The Morgan fingerprint density at radius 3 is 2.17 bits per heavy atom. The highest BCUT2D eigenvalue weighted by Crippen LogP contribution is 1.93. The summed E-state index contributed by atoms with van der Waals surface area (Å²) >= 11 is 0. The third-order valence-corrected chi connectivity index (χ3v) is 1.04. The molecule has 0 saturated carbocycles. The van der Waals surface area contributed by atoms with Crippen molar-refractivity contribution in [1.82, 2.24) is 0 Å². The van der Waals surface area contributed by atoms with Crippen molar-refractivity contribution in [2.75, 3.05) is 0 Å². The van der Waals surface area contributed by atoms with Crippen molar-refractivity contribution in [3.63, 3.8) is 0 Å². The van der Waals surface area contributed by atoms with Gasteiger partial charge in [0, 0.05) is 6.42 Å². The van der Waals surface area contributed by atoms with E-state index in [1.165, 1.54) is 0 Å². The van der Waals surface area contributed by atoms with Crippen molar-refractivity contribution in [2.45, 2.75) is 12.5 Å². The van der Waals surface area contributed by atoms with E-state index in [0.29, 0.717) is 0 Å². The number of aliphatic hydroxyl groups is 1. The molecule has 0 aliphatic rings. The minimum absolute atomic E-state index is 0.0850. The average molecular weight is 174 g/mol. The van der Waals surface area contributed by atoms with Crippen molar-refractivity contribution in [3.05, 3.63) is 0 Å². The molecule has 0 aliphatic carbocycles. The van der Waals surface area contributed by atoms with E-state index >= 15 is 0 Å². The number of carbonyl (C=O) groups excluding carboxylic acids is 3. The molecular weight excluding hydrogens is 168 g/mol. The monoisotopic (exact) mass is 174 g/mol. The molecule has 0 aromatic carbocycles. The Hall–Kier alpha value is -1.56. The van der Waals surface area contributed by atoms with Gasteiger partial charge in [0.2, 0.25) is 0 Å². The first kappa shape index (κ1) is 10.4. The minimum atomic E-state index is -1.93. The normalized spacial score (nSPS) is 11.8. The summed E-state index contributed by atoms with van der Waals surface area (Å²) in [5, 5.41) is 16.7. The van der Waals surface area contributed by atoms with Crippen LogP contribution in [0.15, 0.2) is 0 Å². The molecule has 0 bridgehead atoms. The molecule has 0 aliphatic heterocycles. The second-order valence-electron chi connectivity index (χ2n) is 1.97. The van der Waals surface area contributed by atoms with E-state index < -0.39 is 30.1 Å². The predicted molar refractivity (Wildman–Crippen MR) is 34.3 cm³/mol. The number of carbonyl (C=O) groups is 4. The Balaban J connectivity index is 4.13. The fourth-order valence-corrected chi connectivity index (χ4v) is 0.474. The molecule has 66 valence electrons. The maximum atomic E-state index is 10.4. The zero-order chi connectivity index (χ0) is 9.72. The van der Waals surface area contributed by atoms with Crippen LogP contribution in [0.1, 0.15) is 6.42 Å². The number of rotatable bonds is 5. The minimum Gasteiger partial charge on any atom is -0.475 e. The van der Waals surface area contributed by atoms with Gasteiger partial charge in [-0.05, 0) is 0 Å². The molecular formula is C6H6O6. The average Bonchev–Trinajstić information content (AvgIpc) is 2.02. The number of aliphatic carboxylic acids is 1. The van der Waals surface area contributed by atoms with Crippen LogP contribution in [0.3, 0.4) is 0 Å². The second kappa shape index (κ2) is 4.35. The zero-order valence-corrected chi connectivity index (χ0v) is 5.89. The van der Waals surface area contributed by atoms with Crippen molar-refractivity contribution >= 4 is 23.8 Å². The molecule has 0 fully saturated rings. The van der Waals surface area contributed by atoms with Crippen LogP contribution in [0, 0.1) is 0 Å². The van der Waals surface area contributed by atoms with E-state index in [1.54, 1.807) is 0 Å². The maximum absolute atomic E-state index is 10.4. The summed E-state index contributed by atoms with van der Waals surface area (Å²) in [5.41, 5.74) is 0. The number of Topliss-reactive ketones (excluding diaryl/α,β-unsaturated/α-hetero) is 2. The highest BCUT2D eigenvalue weighted by Gasteiger charge is 2.24. The largest absolute Gasteiger partial charge is 0.475 e. The lowest BCUT2D eigenvalue weighted by Crippen LogP contribution is -2.30. The number of carboxylic acids is 1. The lowest BCUT2D eigenvalue weighted by atomic mass is 10.1. The molecule has 2 N–H and O–H groups in total. The van der Waals surface area contributed by atoms with Gasteiger partial charge >= 0.3 is 5.97 Å². The van der Waals surface area contributed by atoms with E-state index in [9.17, 15) is 19.2 Å². The number of aldehydes is 1. The highest BCUT2D eigenvalue weighted by molar-refractivity contribution is 6.36. The van der Waals surface area contributed by atoms with Gasteiger partial charge in [-0.2, -0.15) is 0 Å². The summed E-state index contributed by atoms with van der Waals surface area (Å²) in [6.07, 6.45) is -2.80. The number of aliphatic hydroxyl groups excluding tert-OH is 1. The van der Waals surface area contributed by atoms with Crippen molar-refractivity contribution < 1.29 is 29.4 Å². The Labute approximate surface area is 66.8 Å². The molecule has 0 radical (unpaired) electrons. The van der Waals surface area contributed by atoms with Gasteiger partial charge < -0.3 is 10.2 Å². The van der Waals surface area contributed by atoms with Crippen LogP contribution in [0.25, 0.3) is 0 Å². The van der Waals surface area contributed by atoms with Gasteiger partial charge in [0.05, 0.1) is 0 Å². The fourth-order valence-electron chi connectivity index (χ4n) is 0.474. The molecule has 6 heteroatoms. The SMILES string of the molecule is O=CC(=O)C[C@H](O)C(=O)C(=O)O. The number of ketones is 2. The number of hydrogen-bond donors (Lipinski definition) is 2. The molecule has 0 unspecified atom stereocenters. The van der Waals surface area contributed by atoms with Crippen LogP contribution in [-0.4, -0.2) is 40.1 Å². The van der Waals surface area contributed by atoms with Gasteiger partial charge in [-0.1, -0.05) is 0 Å². The Bertz CT molecular complexity index is 230. The third kappa shape index (κ3) is 3.02. The molecule has 12 heavy (non-hydrogen) atoms. The molecule has 0 saturated heterocycles. The van der Waals surface area contributed by atoms with Gasteiger partial charge in [-0.3, -0.25) is 14.4 Å². The van der Waals surface area contributed by atoms with Crippen LogP contribution in [0.2, 0.25) is 0 Å². The molecule has 0 aromatic rings. The van der Waals surface area contributed by atoms with Crippen molar-refractivity contribution in [2.24, 2.45) is 0 Å². The van der Waals surface area contributed by atoms with Gasteiger partial charge in [-0.15, -0.1) is 0 Å². The molecule has 0 heterocycles. The smallest absolute Gasteiger partial charge is 0.375 e. The summed E-state index contributed by atoms with van der Waals surface area (Å²) < 4.78 is 0. The first-order chi connectivity index (χ1) is 5.49. The molecule has 6 nitrogen and oxygen atoms in total. The highest BCUT2D eigenvalue weighted by atomic mass is 16.4. The van der Waals surface area contributed by atoms with Crippen molar-refractivity contribution in [3.8, 4) is 0 Å². The summed E-state index contributed by atoms with van der Waals surface area (Å²) in [6, 6.07) is 0. The first-order valence-corrected chi connectivity index (χ1v) is 2.92. The lowest BCUT2D eigenvalue weighted by Gasteiger charge is -2.01. The quantitative estimate of drug-likeness (QED) is 0.374. The summed E-state index contributed by atoms with van der Waals surface area (Å²) in [4.78, 5) is 40.3. The van der Waals surface area contributed by atoms with Gasteiger partial charge in [0.1, 0.15) is 6.10 Å². The van der Waals surface area contributed by atoms with Crippen LogP contribution in [-0.2, 0) is 19.2 Å². The van der Waals surface area contributed by atoms with E-state index in [4.69, 9.17) is 10.2 Å². The van der Waals surface area contributed by atoms with Crippen LogP contribution in [0.4, 0.5) is 0 Å². The third-order valence-electron chi connectivity index (χ3n) is 1.04. The summed E-state index contributed by atoms with van der Waals surface area (Å²) in [5.74, 6) is -4.34. The van der Waals surface area contributed by atoms with Crippen molar-refractivity contribution in [1.29, 1.82) is 0 Å². The fraction of sp³-hybridized carbons (Fsp3) is 0.333. The van der Waals surface area contributed by atoms with Crippen LogP contribution in [0.5, 0.6) is 0 Å². The van der Waals surface area contributed by atoms with Gasteiger partial charge in [-0.25, -0.2) is 4.79 Å². The van der Waals surface area contributed by atoms with E-state index in [0.717, 1.165) is 0 Å². The number of hydrogen-bond acceptors (Lipinski definition) is 5. The Morgan fingerprint density at radius 1 is 1.33 bits per heavy atom. The second-order valence-corrected chi connectivity index (χ2v) is 1.97. The zero-order valence-electron chi connectivity index (χ0n) is 5.89. The predicted octanol–water partition coefficient (Wildman–Crippen LogP) is -1.84. The van der Waals surface area contributed by atoms with Gasteiger partial charge in [0.25, 0.3) is 5.78 Å². The lowest BCUT2D eigenvalue weighted by molar-refractivity contribution is -0.153. The Morgan fingerprint density at radius 2 is 1.83 bits per heavy atom. The Kier molecular flexibility index (Phi) is 3.78. The first-order valence-electron chi connectivity index (χ1n) is 2.92. The summed E-state index contributed by atoms with van der Waals surface area (Å²) in [6.45, 7) is 0. The molecule has 0 amide bonds. The molecule has 1 atom stereocenters. The molecule has 0 aromatic heterocycles. The maximum Gasteiger partial charge on any atom is 0.375 e. The molecule has 0 rings (SSSR count). The van der Waals surface area contributed by atoms with Crippen LogP contribution < -0.4 is 0 Å². The summed E-state index contributed by atoms with van der Waals surface area (Å²) in [7, 11) is 0. The van der Waals surface area contributed by atoms with Crippen LogP contribution >= 0.6 is 0 Å².